The minimum atomic E-state index is -0.485. The summed E-state index contributed by atoms with van der Waals surface area (Å²) >= 11 is 12.2. The summed E-state index contributed by atoms with van der Waals surface area (Å²) in [6.45, 7) is 2.20. The number of aliphatic hydroxyl groups is 1. The van der Waals surface area contributed by atoms with E-state index < -0.39 is 6.10 Å². The van der Waals surface area contributed by atoms with Crippen LogP contribution in [0.3, 0.4) is 0 Å². The van der Waals surface area contributed by atoms with Crippen LogP contribution in [-0.2, 0) is 0 Å². The number of halogens is 2. The second kappa shape index (κ2) is 6.27. The van der Waals surface area contributed by atoms with Gasteiger partial charge in [0.2, 0.25) is 0 Å². The average molecular weight is 287 g/mol. The van der Waals surface area contributed by atoms with Crippen LogP contribution in [0.5, 0.6) is 0 Å². The summed E-state index contributed by atoms with van der Waals surface area (Å²) in [5.74, 6) is 0.920. The van der Waals surface area contributed by atoms with Crippen LogP contribution in [0, 0.1) is 11.8 Å². The van der Waals surface area contributed by atoms with Gasteiger partial charge in [0, 0.05) is 5.56 Å². The van der Waals surface area contributed by atoms with E-state index >= 15 is 0 Å². The van der Waals surface area contributed by atoms with Gasteiger partial charge >= 0.3 is 0 Å². The normalized spacial score (nSPS) is 26.0. The van der Waals surface area contributed by atoms with Crippen molar-refractivity contribution in [3.05, 3.63) is 33.8 Å². The predicted molar refractivity (Wildman–Crippen MR) is 77.2 cm³/mol. The molecule has 0 heterocycles. The minimum Gasteiger partial charge on any atom is -0.388 e. The summed E-state index contributed by atoms with van der Waals surface area (Å²) in [5.41, 5.74) is 0.787. The van der Waals surface area contributed by atoms with Gasteiger partial charge in [0.15, 0.2) is 0 Å². The van der Waals surface area contributed by atoms with E-state index in [9.17, 15) is 5.11 Å². The Morgan fingerprint density at radius 1 is 1.28 bits per heavy atom. The van der Waals surface area contributed by atoms with E-state index in [4.69, 9.17) is 23.2 Å². The molecule has 0 bridgehead atoms. The van der Waals surface area contributed by atoms with E-state index in [0.29, 0.717) is 21.9 Å². The molecule has 1 N–H and O–H groups in total. The zero-order valence-electron chi connectivity index (χ0n) is 10.7. The molecule has 0 saturated heterocycles. The highest BCUT2D eigenvalue weighted by Crippen LogP contribution is 2.42. The Labute approximate surface area is 119 Å². The molecular formula is C15H20Cl2O. The standard InChI is InChI=1S/C15H20Cl2O/c1-2-10-6-3-4-7-11(10)15(18)12-8-5-9-13(16)14(12)17/h5,8-11,15,18H,2-4,6-7H2,1H3. The molecule has 1 aliphatic rings. The summed E-state index contributed by atoms with van der Waals surface area (Å²) in [5, 5.41) is 11.6. The Kier molecular flexibility index (Phi) is 4.94. The first kappa shape index (κ1) is 14.2. The van der Waals surface area contributed by atoms with E-state index in [-0.39, 0.29) is 0 Å². The van der Waals surface area contributed by atoms with Crippen LogP contribution >= 0.6 is 23.2 Å². The number of rotatable bonds is 3. The van der Waals surface area contributed by atoms with Gasteiger partial charge in [-0.3, -0.25) is 0 Å². The van der Waals surface area contributed by atoms with Crippen molar-refractivity contribution in [3.63, 3.8) is 0 Å². The Morgan fingerprint density at radius 2 is 2.00 bits per heavy atom. The molecule has 0 radical (unpaired) electrons. The van der Waals surface area contributed by atoms with Crippen molar-refractivity contribution >= 4 is 23.2 Å². The quantitative estimate of drug-likeness (QED) is 0.805. The maximum Gasteiger partial charge on any atom is 0.0835 e. The fraction of sp³-hybridized carbons (Fsp3) is 0.600. The van der Waals surface area contributed by atoms with Gasteiger partial charge in [0.1, 0.15) is 0 Å². The lowest BCUT2D eigenvalue weighted by Gasteiger charge is -2.34. The fourth-order valence-corrected chi connectivity index (χ4v) is 3.56. The van der Waals surface area contributed by atoms with E-state index in [2.05, 4.69) is 6.92 Å². The molecule has 3 atom stereocenters. The van der Waals surface area contributed by atoms with Crippen LogP contribution in [0.25, 0.3) is 0 Å². The zero-order valence-corrected chi connectivity index (χ0v) is 12.2. The fourth-order valence-electron chi connectivity index (χ4n) is 3.14. The van der Waals surface area contributed by atoms with Crippen molar-refractivity contribution in [2.24, 2.45) is 11.8 Å². The SMILES string of the molecule is CCC1CCCCC1C(O)c1cccc(Cl)c1Cl. The second-order valence-electron chi connectivity index (χ2n) is 5.20. The summed E-state index contributed by atoms with van der Waals surface area (Å²) in [4.78, 5) is 0. The Balaban J connectivity index is 2.23. The van der Waals surface area contributed by atoms with Crippen LogP contribution in [0.4, 0.5) is 0 Å². The zero-order chi connectivity index (χ0) is 13.1. The van der Waals surface area contributed by atoms with Gasteiger partial charge in [-0.1, -0.05) is 67.9 Å². The van der Waals surface area contributed by atoms with E-state index in [1.165, 1.54) is 19.3 Å². The number of aliphatic hydroxyl groups excluding tert-OH is 1. The monoisotopic (exact) mass is 286 g/mol. The van der Waals surface area contributed by atoms with Crippen LogP contribution in [0.2, 0.25) is 10.0 Å². The molecule has 18 heavy (non-hydrogen) atoms. The number of benzene rings is 1. The molecular weight excluding hydrogens is 267 g/mol. The van der Waals surface area contributed by atoms with Crippen molar-refractivity contribution in [2.75, 3.05) is 0 Å². The molecule has 0 aromatic heterocycles. The predicted octanol–water partition coefficient (Wildman–Crippen LogP) is 5.24. The van der Waals surface area contributed by atoms with Crippen LogP contribution in [0.1, 0.15) is 50.7 Å². The van der Waals surface area contributed by atoms with Crippen LogP contribution in [-0.4, -0.2) is 5.11 Å². The molecule has 3 heteroatoms. The average Bonchev–Trinajstić information content (AvgIpc) is 2.41. The van der Waals surface area contributed by atoms with E-state index in [0.717, 1.165) is 18.4 Å². The number of hydrogen-bond acceptors (Lipinski definition) is 1. The van der Waals surface area contributed by atoms with Gasteiger partial charge in [-0.25, -0.2) is 0 Å². The Morgan fingerprint density at radius 3 is 2.72 bits per heavy atom. The van der Waals surface area contributed by atoms with Gasteiger partial charge in [-0.2, -0.15) is 0 Å². The lowest BCUT2D eigenvalue weighted by Crippen LogP contribution is -2.25. The van der Waals surface area contributed by atoms with Gasteiger partial charge in [0.25, 0.3) is 0 Å². The van der Waals surface area contributed by atoms with Gasteiger partial charge in [0.05, 0.1) is 16.1 Å². The molecule has 1 nitrogen and oxygen atoms in total. The molecule has 0 spiro atoms. The maximum atomic E-state index is 10.6. The molecule has 2 rings (SSSR count). The minimum absolute atomic E-state index is 0.319. The summed E-state index contributed by atoms with van der Waals surface area (Å²) < 4.78 is 0. The van der Waals surface area contributed by atoms with Gasteiger partial charge < -0.3 is 5.11 Å². The number of hydrogen-bond donors (Lipinski definition) is 1. The third-order valence-electron chi connectivity index (χ3n) is 4.20. The lowest BCUT2D eigenvalue weighted by atomic mass is 9.73. The van der Waals surface area contributed by atoms with Crippen LogP contribution < -0.4 is 0 Å². The molecule has 1 aromatic rings. The molecule has 3 unspecified atom stereocenters. The molecule has 1 saturated carbocycles. The van der Waals surface area contributed by atoms with Crippen molar-refractivity contribution in [1.29, 1.82) is 0 Å². The molecule has 1 aromatic carbocycles. The third-order valence-corrected chi connectivity index (χ3v) is 5.03. The summed E-state index contributed by atoms with van der Waals surface area (Å²) in [6, 6.07) is 5.51. The first-order valence-corrected chi connectivity index (χ1v) is 7.52. The molecule has 1 fully saturated rings. The maximum absolute atomic E-state index is 10.6. The Hall–Kier alpha value is -0.240. The highest BCUT2D eigenvalue weighted by Gasteiger charge is 2.31. The van der Waals surface area contributed by atoms with E-state index in [1.54, 1.807) is 6.07 Å². The van der Waals surface area contributed by atoms with Crippen molar-refractivity contribution < 1.29 is 5.11 Å². The van der Waals surface area contributed by atoms with Crippen LogP contribution in [0.15, 0.2) is 18.2 Å². The Bertz CT molecular complexity index is 405. The first-order valence-electron chi connectivity index (χ1n) is 6.77. The molecule has 1 aliphatic carbocycles. The van der Waals surface area contributed by atoms with Crippen molar-refractivity contribution in [2.45, 2.75) is 45.1 Å². The highest BCUT2D eigenvalue weighted by atomic mass is 35.5. The van der Waals surface area contributed by atoms with Crippen molar-refractivity contribution in [1.82, 2.24) is 0 Å². The first-order chi connectivity index (χ1) is 8.65. The van der Waals surface area contributed by atoms with Crippen molar-refractivity contribution in [3.8, 4) is 0 Å². The van der Waals surface area contributed by atoms with E-state index in [1.807, 2.05) is 12.1 Å². The van der Waals surface area contributed by atoms with Gasteiger partial charge in [-0.15, -0.1) is 0 Å². The summed E-state index contributed by atoms with van der Waals surface area (Å²) in [6.07, 6.45) is 5.43. The lowest BCUT2D eigenvalue weighted by molar-refractivity contribution is 0.0453. The molecule has 0 amide bonds. The molecule has 100 valence electrons. The third kappa shape index (κ3) is 2.84. The highest BCUT2D eigenvalue weighted by molar-refractivity contribution is 6.42. The summed E-state index contributed by atoms with van der Waals surface area (Å²) in [7, 11) is 0. The smallest absolute Gasteiger partial charge is 0.0835 e. The largest absolute Gasteiger partial charge is 0.388 e. The second-order valence-corrected chi connectivity index (χ2v) is 5.99. The van der Waals surface area contributed by atoms with Gasteiger partial charge in [-0.05, 0) is 24.3 Å². The molecule has 0 aliphatic heterocycles. The topological polar surface area (TPSA) is 20.2 Å².